The molecule has 2 unspecified atom stereocenters. The van der Waals surface area contributed by atoms with Crippen LogP contribution in [0.4, 0.5) is 8.78 Å². The van der Waals surface area contributed by atoms with Crippen molar-refractivity contribution in [1.29, 1.82) is 0 Å². The summed E-state index contributed by atoms with van der Waals surface area (Å²) >= 11 is 0. The van der Waals surface area contributed by atoms with Crippen LogP contribution in [0.3, 0.4) is 0 Å². The molecule has 0 radical (unpaired) electrons. The Morgan fingerprint density at radius 3 is 1.35 bits per heavy atom. The van der Waals surface area contributed by atoms with E-state index in [0.717, 1.165) is 71.7 Å². The molecule has 2 aliphatic rings. The lowest BCUT2D eigenvalue weighted by molar-refractivity contribution is -0.123. The molecule has 0 amide bonds. The number of pyridine rings is 2. The summed E-state index contributed by atoms with van der Waals surface area (Å²) in [5, 5.41) is 0.447. The zero-order valence-electron chi connectivity index (χ0n) is 29.5. The van der Waals surface area contributed by atoms with E-state index in [1.807, 2.05) is 0 Å². The highest BCUT2D eigenvalue weighted by Gasteiger charge is 2.41. The van der Waals surface area contributed by atoms with Gasteiger partial charge in [0, 0.05) is 22.2 Å². The largest absolute Gasteiger partial charge is 0.298 e. The van der Waals surface area contributed by atoms with Gasteiger partial charge in [0.1, 0.15) is 11.6 Å². The molecule has 0 spiro atoms. The van der Waals surface area contributed by atoms with Crippen LogP contribution in [0.2, 0.25) is 0 Å². The topological polar surface area (TPSA) is 121 Å². The number of aromatic nitrogens is 4. The van der Waals surface area contributed by atoms with Crippen molar-refractivity contribution in [2.75, 3.05) is 0 Å². The molecule has 0 N–H and O–H groups in total. The predicted molar refractivity (Wildman–Crippen MR) is 201 cm³/mol. The molecule has 2 aromatic carbocycles. The molecule has 6 aromatic rings. The summed E-state index contributed by atoms with van der Waals surface area (Å²) in [7, 11) is -8.71. The van der Waals surface area contributed by atoms with Gasteiger partial charge >= 0.3 is 0 Å². The van der Waals surface area contributed by atoms with E-state index >= 15 is 4.79 Å². The van der Waals surface area contributed by atoms with Crippen LogP contribution < -0.4 is 0 Å². The first kappa shape index (κ1) is 36.2. The lowest BCUT2D eigenvalue weighted by atomic mass is 9.78. The first-order chi connectivity index (χ1) is 26.0. The van der Waals surface area contributed by atoms with E-state index in [0.29, 0.717) is 12.8 Å². The summed E-state index contributed by atoms with van der Waals surface area (Å²) < 4.78 is 89.9. The van der Waals surface area contributed by atoms with Gasteiger partial charge in [-0.1, -0.05) is 87.8 Å². The fraction of sp³-hybridized carbons (Fsp3) is 0.341. The quantitative estimate of drug-likeness (QED) is 0.122. The van der Waals surface area contributed by atoms with E-state index in [4.69, 9.17) is 0 Å². The molecular formula is C41H40F2N4O5S2. The number of carbonyl (C=O) groups is 1. The Morgan fingerprint density at radius 1 is 0.611 bits per heavy atom. The van der Waals surface area contributed by atoms with Gasteiger partial charge in [-0.05, 0) is 73.2 Å². The third-order valence-corrected chi connectivity index (χ3v) is 14.7. The smallest absolute Gasteiger partial charge is 0.269 e. The van der Waals surface area contributed by atoms with E-state index in [2.05, 4.69) is 9.97 Å². The first-order valence-electron chi connectivity index (χ1n) is 18.5. The number of rotatable bonds is 12. The molecule has 4 aromatic heterocycles. The van der Waals surface area contributed by atoms with Gasteiger partial charge in [-0.2, -0.15) is 0 Å². The molecule has 2 fully saturated rings. The molecule has 2 saturated carbocycles. The van der Waals surface area contributed by atoms with Gasteiger partial charge in [-0.3, -0.25) is 4.79 Å². The SMILES string of the molecule is O=C(C(CC1CCCC1)c1cc2cc(F)cnc2n1S(=O)(=O)c1ccccc1)C(CC1CCCC1)c1cc2cc(F)cnc2n1S(=O)(=O)c1ccccc1. The van der Waals surface area contributed by atoms with Gasteiger partial charge < -0.3 is 0 Å². The molecule has 9 nitrogen and oxygen atoms in total. The summed E-state index contributed by atoms with van der Waals surface area (Å²) in [5.74, 6) is -3.55. The summed E-state index contributed by atoms with van der Waals surface area (Å²) in [6.07, 6.45) is 9.80. The lowest BCUT2D eigenvalue weighted by Crippen LogP contribution is -2.30. The van der Waals surface area contributed by atoms with E-state index in [1.165, 1.54) is 36.4 Å². The van der Waals surface area contributed by atoms with Crippen molar-refractivity contribution in [3.8, 4) is 0 Å². The van der Waals surface area contributed by atoms with Crippen molar-refractivity contribution in [3.63, 3.8) is 0 Å². The monoisotopic (exact) mass is 770 g/mol. The number of benzene rings is 2. The summed E-state index contributed by atoms with van der Waals surface area (Å²) in [6.45, 7) is 0. The third kappa shape index (κ3) is 6.65. The molecule has 13 heteroatoms. The normalized spacial score (nSPS) is 17.1. The second-order valence-electron chi connectivity index (χ2n) is 14.7. The first-order valence-corrected chi connectivity index (χ1v) is 21.4. The molecule has 54 heavy (non-hydrogen) atoms. The number of halogens is 2. The third-order valence-electron chi connectivity index (χ3n) is 11.2. The van der Waals surface area contributed by atoms with Gasteiger partial charge in [0.15, 0.2) is 17.1 Å². The van der Waals surface area contributed by atoms with Crippen LogP contribution in [0.15, 0.2) is 107 Å². The second kappa shape index (κ2) is 14.5. The zero-order chi connectivity index (χ0) is 37.6. The van der Waals surface area contributed by atoms with Crippen molar-refractivity contribution in [2.24, 2.45) is 11.8 Å². The van der Waals surface area contributed by atoms with E-state index in [9.17, 15) is 25.6 Å². The van der Waals surface area contributed by atoms with Gasteiger partial charge in [-0.25, -0.2) is 43.5 Å². The van der Waals surface area contributed by atoms with Crippen molar-refractivity contribution in [3.05, 3.63) is 120 Å². The van der Waals surface area contributed by atoms with Crippen LogP contribution in [-0.4, -0.2) is 40.5 Å². The average molecular weight is 771 g/mol. The second-order valence-corrected chi connectivity index (χ2v) is 18.3. The van der Waals surface area contributed by atoms with Crippen molar-refractivity contribution in [2.45, 2.75) is 85.8 Å². The van der Waals surface area contributed by atoms with Crippen LogP contribution in [0.5, 0.6) is 0 Å². The maximum Gasteiger partial charge on any atom is 0.269 e. The summed E-state index contributed by atoms with van der Waals surface area (Å²) in [5.41, 5.74) is 0.288. The number of Topliss-reactive ketones (excluding diaryl/α,β-unsaturated/α-hetero) is 1. The minimum atomic E-state index is -4.36. The fourth-order valence-corrected chi connectivity index (χ4v) is 11.8. The Kier molecular flexibility index (Phi) is 9.72. The molecule has 0 saturated heterocycles. The molecule has 8 rings (SSSR count). The summed E-state index contributed by atoms with van der Waals surface area (Å²) in [6, 6.07) is 21.2. The van der Waals surface area contributed by atoms with E-state index in [-0.39, 0.29) is 60.9 Å². The van der Waals surface area contributed by atoms with Gasteiger partial charge in [-0.15, -0.1) is 0 Å². The molecule has 2 aliphatic carbocycles. The number of fused-ring (bicyclic) bond motifs is 2. The number of carbonyl (C=O) groups excluding carboxylic acids is 1. The average Bonchev–Trinajstić information content (AvgIpc) is 4.00. The number of nitrogens with zero attached hydrogens (tertiary/aromatic N) is 4. The van der Waals surface area contributed by atoms with Gasteiger partial charge in [0.2, 0.25) is 0 Å². The Hall–Kier alpha value is -4.75. The van der Waals surface area contributed by atoms with Crippen LogP contribution >= 0.6 is 0 Å². The number of ketones is 1. The molecular weight excluding hydrogens is 731 g/mol. The molecule has 0 bridgehead atoms. The van der Waals surface area contributed by atoms with E-state index < -0.39 is 43.5 Å². The highest BCUT2D eigenvalue weighted by atomic mass is 32.2. The zero-order valence-corrected chi connectivity index (χ0v) is 31.2. The standard InChI is InChI=1S/C41H40F2N4O5S2/c42-31-21-29-23-37(46(40(29)44-25-31)53(49,50)33-15-3-1-4-16-33)35(19-27-11-7-8-12-27)39(48)36(20-28-13-9-10-14-28)38-24-30-22-32(43)26-45-41(30)47(38)54(51,52)34-17-5-2-6-18-34/h1-6,15-18,21-28,35-36H,7-14,19-20H2. The predicted octanol–water partition coefficient (Wildman–Crippen LogP) is 8.74. The van der Waals surface area contributed by atoms with Gasteiger partial charge in [0.25, 0.3) is 20.0 Å². The fourth-order valence-electron chi connectivity index (χ4n) is 8.68. The van der Waals surface area contributed by atoms with Crippen LogP contribution in [-0.2, 0) is 24.8 Å². The Balaban J connectivity index is 1.37. The Morgan fingerprint density at radius 2 is 0.981 bits per heavy atom. The maximum absolute atomic E-state index is 15.7. The van der Waals surface area contributed by atoms with Gasteiger partial charge in [0.05, 0.1) is 34.0 Å². The molecule has 0 aliphatic heterocycles. The highest BCUT2D eigenvalue weighted by molar-refractivity contribution is 7.90. The molecule has 4 heterocycles. The Labute approximate surface area is 313 Å². The van der Waals surface area contributed by atoms with Crippen molar-refractivity contribution >= 4 is 47.9 Å². The van der Waals surface area contributed by atoms with Crippen LogP contribution in [0.25, 0.3) is 22.1 Å². The van der Waals surface area contributed by atoms with Crippen molar-refractivity contribution < 1.29 is 30.4 Å². The number of hydrogen-bond donors (Lipinski definition) is 0. The molecule has 280 valence electrons. The number of hydrogen-bond acceptors (Lipinski definition) is 7. The van der Waals surface area contributed by atoms with E-state index in [1.54, 1.807) is 48.5 Å². The maximum atomic E-state index is 15.7. The van der Waals surface area contributed by atoms with Crippen molar-refractivity contribution in [1.82, 2.24) is 17.9 Å². The minimum absolute atomic E-state index is 0.00716. The Bertz CT molecular complexity index is 2380. The van der Waals surface area contributed by atoms with Crippen LogP contribution in [0.1, 0.15) is 87.4 Å². The minimum Gasteiger partial charge on any atom is -0.298 e. The lowest BCUT2D eigenvalue weighted by Gasteiger charge is -2.28. The molecule has 2 atom stereocenters. The van der Waals surface area contributed by atoms with Crippen LogP contribution in [0, 0.1) is 23.5 Å². The highest BCUT2D eigenvalue weighted by Crippen LogP contribution is 2.44. The summed E-state index contributed by atoms with van der Waals surface area (Å²) in [4.78, 5) is 24.2.